The molecular formula is C27H41N3O9S. The fourth-order valence-corrected chi connectivity index (χ4v) is 4.43. The molecule has 224 valence electrons. The molecule has 0 aliphatic rings. The molecule has 0 bridgehead atoms. The Kier molecular flexibility index (Phi) is 13.5. The third-order valence-corrected chi connectivity index (χ3v) is 6.20. The summed E-state index contributed by atoms with van der Waals surface area (Å²) < 4.78 is 16.5. The quantitative estimate of drug-likeness (QED) is 0.268. The van der Waals surface area contributed by atoms with Crippen LogP contribution in [-0.2, 0) is 44.6 Å². The van der Waals surface area contributed by atoms with Crippen molar-refractivity contribution in [1.82, 2.24) is 14.9 Å². The van der Waals surface area contributed by atoms with E-state index >= 15 is 0 Å². The summed E-state index contributed by atoms with van der Waals surface area (Å²) in [5.41, 5.74) is -1.03. The summed E-state index contributed by atoms with van der Waals surface area (Å²) >= 11 is 0.775. The number of aromatic nitrogens is 2. The van der Waals surface area contributed by atoms with E-state index in [9.17, 15) is 28.8 Å². The number of carbonyl (C=O) groups excluding carboxylic acids is 6. The van der Waals surface area contributed by atoms with Crippen molar-refractivity contribution in [2.24, 2.45) is 5.92 Å². The molecule has 40 heavy (non-hydrogen) atoms. The van der Waals surface area contributed by atoms with E-state index in [1.165, 1.54) is 31.1 Å². The molecule has 1 rings (SSSR count). The molecular weight excluding hydrogens is 542 g/mol. The van der Waals surface area contributed by atoms with Gasteiger partial charge in [0.2, 0.25) is 5.91 Å². The Morgan fingerprint density at radius 1 is 1.00 bits per heavy atom. The van der Waals surface area contributed by atoms with Gasteiger partial charge in [0.1, 0.15) is 29.4 Å². The topological polar surface area (TPSA) is 160 Å². The second kappa shape index (κ2) is 15.5. The molecule has 2 atom stereocenters. The van der Waals surface area contributed by atoms with Crippen molar-refractivity contribution in [1.29, 1.82) is 0 Å². The largest absolute Gasteiger partial charge is 0.467 e. The number of hydrogen-bond acceptors (Lipinski definition) is 11. The van der Waals surface area contributed by atoms with Crippen LogP contribution in [0.3, 0.4) is 0 Å². The monoisotopic (exact) mass is 583 g/mol. The van der Waals surface area contributed by atoms with E-state index in [0.717, 1.165) is 11.8 Å². The fourth-order valence-electron chi connectivity index (χ4n) is 3.48. The number of thioether (sulfide) groups is 1. The highest BCUT2D eigenvalue weighted by Crippen LogP contribution is 2.23. The number of rotatable bonds is 13. The first-order chi connectivity index (χ1) is 18.4. The van der Waals surface area contributed by atoms with Crippen LogP contribution in [0.1, 0.15) is 79.8 Å². The summed E-state index contributed by atoms with van der Waals surface area (Å²) in [6.07, 6.45) is 2.19. The second-order valence-electron chi connectivity index (χ2n) is 11.2. The molecule has 0 spiro atoms. The first kappa shape index (κ1) is 34.8. The van der Waals surface area contributed by atoms with Gasteiger partial charge in [0, 0.05) is 56.2 Å². The lowest BCUT2D eigenvalue weighted by molar-refractivity contribution is -0.155. The number of hydrogen-bond donors (Lipinski definition) is 1. The number of methoxy groups -OCH3 is 1. The summed E-state index contributed by atoms with van der Waals surface area (Å²) in [5.74, 6) is -2.85. The molecule has 0 unspecified atom stereocenters. The van der Waals surface area contributed by atoms with Crippen molar-refractivity contribution in [2.75, 3.05) is 12.9 Å². The lowest BCUT2D eigenvalue weighted by Gasteiger charge is -2.21. The van der Waals surface area contributed by atoms with Crippen LogP contribution in [0.2, 0.25) is 0 Å². The highest BCUT2D eigenvalue weighted by atomic mass is 32.2. The number of amides is 1. The van der Waals surface area contributed by atoms with Gasteiger partial charge in [-0.05, 0) is 48.0 Å². The van der Waals surface area contributed by atoms with Crippen molar-refractivity contribution >= 4 is 46.6 Å². The van der Waals surface area contributed by atoms with Gasteiger partial charge < -0.3 is 19.5 Å². The average Bonchev–Trinajstić information content (AvgIpc) is 3.26. The Bertz CT molecular complexity index is 1070. The summed E-state index contributed by atoms with van der Waals surface area (Å²) in [6.45, 7) is 11.6. The first-order valence-electron chi connectivity index (χ1n) is 12.9. The third kappa shape index (κ3) is 13.7. The maximum absolute atomic E-state index is 13.3. The highest BCUT2D eigenvalue weighted by molar-refractivity contribution is 8.13. The summed E-state index contributed by atoms with van der Waals surface area (Å²) in [6, 6.07) is -1.06. The molecule has 0 radical (unpaired) electrons. The van der Waals surface area contributed by atoms with E-state index in [1.54, 1.807) is 41.5 Å². The molecule has 1 amide bonds. The number of nitrogens with one attached hydrogen (secondary N) is 1. The van der Waals surface area contributed by atoms with E-state index < -0.39 is 52.2 Å². The van der Waals surface area contributed by atoms with Gasteiger partial charge in [-0.1, -0.05) is 11.8 Å². The van der Waals surface area contributed by atoms with Crippen LogP contribution in [0.25, 0.3) is 0 Å². The number of carbonyl (C=O) groups is 6. The summed E-state index contributed by atoms with van der Waals surface area (Å²) in [4.78, 5) is 78.3. The molecule has 1 aromatic heterocycles. The number of esters is 2. The van der Waals surface area contributed by atoms with Crippen molar-refractivity contribution in [3.05, 3.63) is 18.2 Å². The molecule has 12 nitrogen and oxygen atoms in total. The Balaban J connectivity index is 3.03. The average molecular weight is 584 g/mol. The predicted molar refractivity (Wildman–Crippen MR) is 147 cm³/mol. The van der Waals surface area contributed by atoms with Crippen LogP contribution in [0.4, 0.5) is 4.79 Å². The predicted octanol–water partition coefficient (Wildman–Crippen LogP) is 3.23. The Hall–Kier alpha value is -3.22. The minimum absolute atomic E-state index is 0.00803. The van der Waals surface area contributed by atoms with Crippen LogP contribution in [0.5, 0.6) is 0 Å². The van der Waals surface area contributed by atoms with E-state index in [-0.39, 0.29) is 43.6 Å². The van der Waals surface area contributed by atoms with Crippen LogP contribution < -0.4 is 5.32 Å². The zero-order chi connectivity index (χ0) is 30.7. The maximum atomic E-state index is 13.3. The van der Waals surface area contributed by atoms with E-state index in [2.05, 4.69) is 10.3 Å². The second-order valence-corrected chi connectivity index (χ2v) is 12.2. The molecule has 0 fully saturated rings. The van der Waals surface area contributed by atoms with Gasteiger partial charge in [-0.2, -0.15) is 0 Å². The summed E-state index contributed by atoms with van der Waals surface area (Å²) in [5, 5.41) is 2.02. The van der Waals surface area contributed by atoms with Gasteiger partial charge >= 0.3 is 18.0 Å². The lowest BCUT2D eigenvalue weighted by atomic mass is 9.96. The highest BCUT2D eigenvalue weighted by Gasteiger charge is 2.29. The van der Waals surface area contributed by atoms with Crippen LogP contribution in [0, 0.1) is 5.92 Å². The smallest absolute Gasteiger partial charge is 0.420 e. The van der Waals surface area contributed by atoms with Gasteiger partial charge in [0.25, 0.3) is 0 Å². The number of ketones is 1. The zero-order valence-electron chi connectivity index (χ0n) is 24.5. The molecule has 1 aromatic rings. The van der Waals surface area contributed by atoms with Crippen molar-refractivity contribution in [2.45, 2.75) is 97.8 Å². The van der Waals surface area contributed by atoms with E-state index in [4.69, 9.17) is 14.2 Å². The van der Waals surface area contributed by atoms with Gasteiger partial charge in [-0.25, -0.2) is 19.1 Å². The van der Waals surface area contributed by atoms with Crippen molar-refractivity contribution in [3.8, 4) is 0 Å². The Morgan fingerprint density at radius 2 is 1.62 bits per heavy atom. The van der Waals surface area contributed by atoms with Crippen LogP contribution >= 0.6 is 11.8 Å². The SMILES string of the molecule is COC(=O)[C@H](CSC(=O)[C@@H](CC(=O)CCCC(=O)OC(C)(C)C)Cc1cncn1C(=O)OC(C)(C)C)NC(C)=O. The lowest BCUT2D eigenvalue weighted by Crippen LogP contribution is -2.42. The molecule has 0 aliphatic carbocycles. The minimum Gasteiger partial charge on any atom is -0.467 e. The van der Waals surface area contributed by atoms with Crippen LogP contribution in [0.15, 0.2) is 12.5 Å². The van der Waals surface area contributed by atoms with Gasteiger partial charge in [-0.3, -0.25) is 19.2 Å². The standard InChI is InChI=1S/C27H41N3O9S/c1-17(31)29-21(23(34)37-8)15-40-24(35)18(13-20(32)10-9-11-22(33)38-26(2,3)4)12-19-14-28-16-30(19)25(36)39-27(5,6)7/h14,16,18,21H,9-13,15H2,1-8H3,(H,29,31)/t18-,21+/m1/s1. The van der Waals surface area contributed by atoms with Gasteiger partial charge in [0.05, 0.1) is 7.11 Å². The maximum Gasteiger partial charge on any atom is 0.420 e. The zero-order valence-corrected chi connectivity index (χ0v) is 25.3. The number of Topliss-reactive ketones (excluding diaryl/α,β-unsaturated/α-hetero) is 1. The van der Waals surface area contributed by atoms with Crippen molar-refractivity contribution < 1.29 is 43.0 Å². The Labute approximate surface area is 239 Å². The molecule has 1 heterocycles. The number of nitrogens with zero attached hydrogens (tertiary/aromatic N) is 2. The molecule has 0 aromatic carbocycles. The van der Waals surface area contributed by atoms with Gasteiger partial charge in [-0.15, -0.1) is 0 Å². The molecule has 1 N–H and O–H groups in total. The molecule has 0 saturated carbocycles. The number of imidazole rings is 1. The summed E-state index contributed by atoms with van der Waals surface area (Å²) in [7, 11) is 1.17. The third-order valence-electron chi connectivity index (χ3n) is 5.08. The van der Waals surface area contributed by atoms with Gasteiger partial charge in [0.15, 0.2) is 5.12 Å². The van der Waals surface area contributed by atoms with E-state index in [0.29, 0.717) is 5.69 Å². The molecule has 0 saturated heterocycles. The van der Waals surface area contributed by atoms with Crippen molar-refractivity contribution in [3.63, 3.8) is 0 Å². The fraction of sp³-hybridized carbons (Fsp3) is 0.667. The Morgan fingerprint density at radius 3 is 2.17 bits per heavy atom. The first-order valence-corrected chi connectivity index (χ1v) is 13.9. The number of ether oxygens (including phenoxy) is 3. The van der Waals surface area contributed by atoms with Crippen LogP contribution in [-0.4, -0.2) is 74.5 Å². The normalized spacial score (nSPS) is 13.1. The minimum atomic E-state index is -1.06. The molecule has 13 heteroatoms. The molecule has 0 aliphatic heterocycles. The van der Waals surface area contributed by atoms with E-state index in [1.807, 2.05) is 0 Å².